The number of allylic oxidation sites excluding steroid dienone is 3. The molecular weight excluding hydrogens is 589 g/mol. The van der Waals surface area contributed by atoms with E-state index in [1.807, 2.05) is 12.1 Å². The van der Waals surface area contributed by atoms with Crippen LogP contribution in [0.25, 0.3) is 16.8 Å². The maximum atomic E-state index is 15.5. The molecule has 1 saturated heterocycles. The fourth-order valence-electron chi connectivity index (χ4n) is 6.38. The molecule has 0 saturated carbocycles. The minimum absolute atomic E-state index is 0.0270. The molecule has 2 N–H and O–H groups in total. The summed E-state index contributed by atoms with van der Waals surface area (Å²) >= 11 is 6.96. The molecule has 3 heterocycles. The van der Waals surface area contributed by atoms with Gasteiger partial charge in [0.25, 0.3) is 11.5 Å². The van der Waals surface area contributed by atoms with Gasteiger partial charge in [-0.05, 0) is 73.6 Å². The highest BCUT2D eigenvalue weighted by Crippen LogP contribution is 2.46. The number of carboxylic acids is 1. The van der Waals surface area contributed by atoms with E-state index >= 15 is 4.39 Å². The number of likely N-dealkylation sites (tertiary alicyclic amines) is 1. The predicted octanol–water partition coefficient (Wildman–Crippen LogP) is 4.53. The monoisotopic (exact) mass is 619 g/mol. The maximum Gasteiger partial charge on any atom is 0.309 e. The number of pyridine rings is 1. The van der Waals surface area contributed by atoms with Gasteiger partial charge in [-0.15, -0.1) is 0 Å². The summed E-state index contributed by atoms with van der Waals surface area (Å²) in [6.07, 6.45) is 5.84. The van der Waals surface area contributed by atoms with Gasteiger partial charge in [0.15, 0.2) is 0 Å². The Bertz CT molecular complexity index is 1830. The highest BCUT2D eigenvalue weighted by atomic mass is 35.5. The van der Waals surface area contributed by atoms with Crippen molar-refractivity contribution in [3.63, 3.8) is 0 Å². The Hall–Kier alpha value is -4.35. The first-order valence-corrected chi connectivity index (χ1v) is 14.7. The van der Waals surface area contributed by atoms with Gasteiger partial charge in [0.05, 0.1) is 23.7 Å². The highest BCUT2D eigenvalue weighted by Gasteiger charge is 2.41. The van der Waals surface area contributed by atoms with Crippen LogP contribution in [0.15, 0.2) is 52.6 Å². The van der Waals surface area contributed by atoms with Crippen LogP contribution in [0.5, 0.6) is 5.88 Å². The number of aliphatic carboxylic acids is 1. The van der Waals surface area contributed by atoms with Gasteiger partial charge in [-0.2, -0.15) is 5.10 Å². The van der Waals surface area contributed by atoms with Gasteiger partial charge in [-0.1, -0.05) is 17.7 Å². The Morgan fingerprint density at radius 1 is 1.20 bits per heavy atom. The van der Waals surface area contributed by atoms with E-state index in [1.165, 1.54) is 25.4 Å². The summed E-state index contributed by atoms with van der Waals surface area (Å²) in [6, 6.07) is 6.31. The van der Waals surface area contributed by atoms with E-state index in [2.05, 4.69) is 15.3 Å². The molecule has 1 aliphatic heterocycles. The van der Waals surface area contributed by atoms with Crippen LogP contribution >= 0.6 is 11.6 Å². The minimum Gasteiger partial charge on any atom is -0.481 e. The molecule has 0 spiro atoms. The number of carbonyl (C=O) groups is 2. The molecule has 0 unspecified atom stereocenters. The Balaban J connectivity index is 1.33. The van der Waals surface area contributed by atoms with Crippen molar-refractivity contribution >= 4 is 29.1 Å². The second kappa shape index (κ2) is 11.6. The van der Waals surface area contributed by atoms with Gasteiger partial charge in [0.1, 0.15) is 11.4 Å². The lowest BCUT2D eigenvalue weighted by Crippen LogP contribution is -2.51. The van der Waals surface area contributed by atoms with Crippen molar-refractivity contribution < 1.29 is 23.8 Å². The van der Waals surface area contributed by atoms with E-state index in [4.69, 9.17) is 21.3 Å². The number of rotatable bonds is 7. The molecule has 1 amide bonds. The summed E-state index contributed by atoms with van der Waals surface area (Å²) in [7, 11) is 3.02. The molecule has 10 nitrogen and oxygen atoms in total. The van der Waals surface area contributed by atoms with Crippen molar-refractivity contribution in [1.82, 2.24) is 25.0 Å². The fraction of sp³-hybridized carbons (Fsp3) is 0.344. The number of fused-ring (bicyclic) bond motifs is 1. The molecule has 0 radical (unpaired) electrons. The number of nitrogens with zero attached hydrogens (tertiary/aromatic N) is 4. The first-order valence-electron chi connectivity index (χ1n) is 14.4. The zero-order valence-electron chi connectivity index (χ0n) is 24.5. The molecule has 2 aliphatic carbocycles. The molecule has 44 heavy (non-hydrogen) atoms. The molecule has 1 fully saturated rings. The van der Waals surface area contributed by atoms with Crippen LogP contribution < -0.4 is 15.6 Å². The number of methoxy groups -OCH3 is 1. The van der Waals surface area contributed by atoms with Crippen LogP contribution in [0, 0.1) is 11.7 Å². The van der Waals surface area contributed by atoms with Crippen LogP contribution in [0.2, 0.25) is 5.02 Å². The second-order valence-electron chi connectivity index (χ2n) is 11.3. The maximum absolute atomic E-state index is 15.5. The van der Waals surface area contributed by atoms with Crippen LogP contribution in [0.1, 0.15) is 59.3 Å². The van der Waals surface area contributed by atoms with Gasteiger partial charge in [0, 0.05) is 54.8 Å². The Kier molecular flexibility index (Phi) is 7.85. The van der Waals surface area contributed by atoms with Crippen LogP contribution in [-0.4, -0.2) is 56.8 Å². The van der Waals surface area contributed by atoms with E-state index in [0.717, 1.165) is 28.7 Å². The molecule has 0 bridgehead atoms. The largest absolute Gasteiger partial charge is 0.481 e. The summed E-state index contributed by atoms with van der Waals surface area (Å²) < 4.78 is 22.3. The molecule has 3 aromatic rings. The van der Waals surface area contributed by atoms with Crippen LogP contribution in [0.4, 0.5) is 4.39 Å². The molecule has 1 atom stereocenters. The number of aromatic nitrogens is 3. The second-order valence-corrected chi connectivity index (χ2v) is 11.7. The molecule has 6 rings (SSSR count). The molecule has 3 aliphatic rings. The number of nitrogens with one attached hydrogen (secondary N) is 1. The third-order valence-electron chi connectivity index (χ3n) is 8.79. The van der Waals surface area contributed by atoms with Crippen LogP contribution in [0.3, 0.4) is 0 Å². The zero-order chi connectivity index (χ0) is 31.3. The number of benzene rings is 1. The first kappa shape index (κ1) is 29.7. The quantitative estimate of drug-likeness (QED) is 0.395. The Morgan fingerprint density at radius 3 is 2.70 bits per heavy atom. The van der Waals surface area contributed by atoms with Gasteiger partial charge in [0.2, 0.25) is 5.88 Å². The Morgan fingerprint density at radius 2 is 1.98 bits per heavy atom. The molecule has 228 valence electrons. The number of amides is 1. The van der Waals surface area contributed by atoms with Crippen molar-refractivity contribution in [2.24, 2.45) is 13.0 Å². The van der Waals surface area contributed by atoms with Crippen molar-refractivity contribution in [3.8, 4) is 17.1 Å². The van der Waals surface area contributed by atoms with E-state index in [1.54, 1.807) is 20.1 Å². The van der Waals surface area contributed by atoms with Crippen LogP contribution in [-0.2, 0) is 18.3 Å². The molecule has 1 aromatic carbocycles. The predicted molar refractivity (Wildman–Crippen MR) is 162 cm³/mol. The minimum atomic E-state index is -0.783. The summed E-state index contributed by atoms with van der Waals surface area (Å²) in [6.45, 7) is 2.76. The third-order valence-corrected chi connectivity index (χ3v) is 9.18. The molecular formula is C32H31ClFN5O5. The third kappa shape index (κ3) is 5.09. The SMILES string of the molecule is COc1nc(-c2ccc(F)c(C3=C(C)C(NC(=O)c4ccnn(C)c4=O)=CCC3)c2Cl)cc2c1[C@@H](N1CC(C(=O)O)C1)CC2. The van der Waals surface area contributed by atoms with Gasteiger partial charge >= 0.3 is 5.97 Å². The summed E-state index contributed by atoms with van der Waals surface area (Å²) in [5, 5.41) is 16.2. The topological polar surface area (TPSA) is 127 Å². The number of aryl methyl sites for hydroxylation is 2. The molecule has 12 heteroatoms. The van der Waals surface area contributed by atoms with E-state index < -0.39 is 23.3 Å². The average Bonchev–Trinajstić information content (AvgIpc) is 3.38. The number of halogens is 2. The lowest BCUT2D eigenvalue weighted by atomic mass is 9.88. The van der Waals surface area contributed by atoms with Crippen molar-refractivity contribution in [2.75, 3.05) is 20.2 Å². The Labute approximate surface area is 257 Å². The van der Waals surface area contributed by atoms with E-state index in [9.17, 15) is 19.5 Å². The smallest absolute Gasteiger partial charge is 0.309 e. The van der Waals surface area contributed by atoms with Crippen molar-refractivity contribution in [1.29, 1.82) is 0 Å². The van der Waals surface area contributed by atoms with Crippen molar-refractivity contribution in [2.45, 2.75) is 38.6 Å². The van der Waals surface area contributed by atoms with Crippen molar-refractivity contribution in [3.05, 3.63) is 91.3 Å². The average molecular weight is 620 g/mol. The number of ether oxygens (including phenoxy) is 1. The van der Waals surface area contributed by atoms with Gasteiger partial charge in [-0.3, -0.25) is 19.3 Å². The first-order chi connectivity index (χ1) is 21.1. The lowest BCUT2D eigenvalue weighted by molar-refractivity contribution is -0.148. The summed E-state index contributed by atoms with van der Waals surface area (Å²) in [5.41, 5.74) is 4.52. The number of hydrogen-bond acceptors (Lipinski definition) is 7. The number of carboxylic acid groups (broad SMARTS) is 1. The van der Waals surface area contributed by atoms with E-state index in [-0.39, 0.29) is 28.1 Å². The summed E-state index contributed by atoms with van der Waals surface area (Å²) in [4.78, 5) is 43.6. The summed E-state index contributed by atoms with van der Waals surface area (Å²) in [5.74, 6) is -1.77. The number of carbonyl (C=O) groups excluding carboxylic acids is 1. The fourth-order valence-corrected chi connectivity index (χ4v) is 6.74. The zero-order valence-corrected chi connectivity index (χ0v) is 25.2. The van der Waals surface area contributed by atoms with E-state index in [0.29, 0.717) is 59.9 Å². The highest BCUT2D eigenvalue weighted by molar-refractivity contribution is 6.35. The van der Waals surface area contributed by atoms with Gasteiger partial charge in [-0.25, -0.2) is 14.1 Å². The standard InChI is InChI=1S/C32H31ClFN5O5/c1-16-19(5-4-6-23(16)36-29(40)21-11-12-35-38(2)31(21)41)27-22(34)9-8-20(28(27)33)24-13-17-7-10-25(26(17)30(37-24)44-3)39-14-18(15-39)32(42)43/h6,8-9,11-13,18,25H,4-5,7,10,14-15H2,1-3H3,(H,36,40)(H,42,43)/t25-/m0/s1. The molecule has 2 aromatic heterocycles. The normalized spacial score (nSPS) is 18.5. The number of hydrogen-bond donors (Lipinski definition) is 2. The lowest BCUT2D eigenvalue weighted by Gasteiger charge is -2.41. The van der Waals surface area contributed by atoms with Gasteiger partial charge < -0.3 is 15.2 Å².